The molecule has 0 aliphatic rings. The van der Waals surface area contributed by atoms with Crippen LogP contribution in [0.15, 0.2) is 42.5 Å². The number of nitrogens with zero attached hydrogens (tertiary/aromatic N) is 3. The summed E-state index contributed by atoms with van der Waals surface area (Å²) in [5.74, 6) is -0.618. The van der Waals surface area contributed by atoms with Gasteiger partial charge in [0.25, 0.3) is 0 Å². The Labute approximate surface area is 143 Å². The Morgan fingerprint density at radius 2 is 1.92 bits per heavy atom. The number of hydrogen-bond donors (Lipinski definition) is 1. The van der Waals surface area contributed by atoms with Gasteiger partial charge in [-0.2, -0.15) is 0 Å². The second-order valence-electron chi connectivity index (χ2n) is 5.19. The van der Waals surface area contributed by atoms with Crippen LogP contribution in [0.3, 0.4) is 0 Å². The molecular weight excluding hydrogens is 330 g/mol. The van der Waals surface area contributed by atoms with Crippen LogP contribution in [0.1, 0.15) is 16.1 Å². The highest BCUT2D eigenvalue weighted by Crippen LogP contribution is 2.30. The molecule has 1 heterocycles. The smallest absolute Gasteiger partial charge is 0.358 e. The Hall–Kier alpha value is -2.86. The van der Waals surface area contributed by atoms with Gasteiger partial charge >= 0.3 is 5.97 Å². The normalized spacial score (nSPS) is 10.6. The predicted molar refractivity (Wildman–Crippen MR) is 90.1 cm³/mol. The van der Waals surface area contributed by atoms with Crippen LogP contribution in [-0.4, -0.2) is 33.2 Å². The number of carboxylic acid groups (broad SMARTS) is 1. The summed E-state index contributed by atoms with van der Waals surface area (Å²) in [6.45, 7) is 1.96. The van der Waals surface area contributed by atoms with E-state index in [0.29, 0.717) is 27.7 Å². The third-order valence-electron chi connectivity index (χ3n) is 3.58. The number of aryl methyl sites for hydroxylation is 1. The maximum absolute atomic E-state index is 11.5. The van der Waals surface area contributed by atoms with E-state index in [4.69, 9.17) is 16.3 Å². The SMILES string of the molecule is COc1ccc(-n2nnc(C(=O)O)c2-c2ccc(C)cc2)cc1Cl. The molecule has 0 saturated carbocycles. The number of aromatic nitrogens is 3. The van der Waals surface area contributed by atoms with Crippen molar-refractivity contribution in [2.24, 2.45) is 0 Å². The highest BCUT2D eigenvalue weighted by Gasteiger charge is 2.22. The van der Waals surface area contributed by atoms with Crippen LogP contribution in [0, 0.1) is 6.92 Å². The molecule has 0 saturated heterocycles. The van der Waals surface area contributed by atoms with Gasteiger partial charge in [0.1, 0.15) is 11.4 Å². The molecule has 1 N–H and O–H groups in total. The monoisotopic (exact) mass is 343 g/mol. The van der Waals surface area contributed by atoms with E-state index in [9.17, 15) is 9.90 Å². The Kier molecular flexibility index (Phi) is 4.22. The zero-order chi connectivity index (χ0) is 17.3. The van der Waals surface area contributed by atoms with Crippen LogP contribution in [0.4, 0.5) is 0 Å². The molecule has 0 aliphatic heterocycles. The molecule has 0 aliphatic carbocycles. The van der Waals surface area contributed by atoms with Gasteiger partial charge in [-0.05, 0) is 25.1 Å². The van der Waals surface area contributed by atoms with Crippen LogP contribution < -0.4 is 4.74 Å². The zero-order valence-electron chi connectivity index (χ0n) is 13.0. The second kappa shape index (κ2) is 6.33. The lowest BCUT2D eigenvalue weighted by Gasteiger charge is -2.10. The van der Waals surface area contributed by atoms with E-state index in [0.717, 1.165) is 5.56 Å². The van der Waals surface area contributed by atoms with Crippen LogP contribution in [0.2, 0.25) is 5.02 Å². The first-order valence-corrected chi connectivity index (χ1v) is 7.49. The largest absolute Gasteiger partial charge is 0.495 e. The van der Waals surface area contributed by atoms with E-state index >= 15 is 0 Å². The highest BCUT2D eigenvalue weighted by molar-refractivity contribution is 6.32. The van der Waals surface area contributed by atoms with Crippen molar-refractivity contribution >= 4 is 17.6 Å². The molecule has 3 rings (SSSR count). The maximum atomic E-state index is 11.5. The molecule has 0 atom stereocenters. The molecule has 0 radical (unpaired) electrons. The number of rotatable bonds is 4. The van der Waals surface area contributed by atoms with Crippen molar-refractivity contribution < 1.29 is 14.6 Å². The van der Waals surface area contributed by atoms with Gasteiger partial charge < -0.3 is 9.84 Å². The van der Waals surface area contributed by atoms with Gasteiger partial charge in [0, 0.05) is 5.56 Å². The predicted octanol–water partition coefficient (Wildman–Crippen LogP) is 3.60. The lowest BCUT2D eigenvalue weighted by atomic mass is 10.1. The summed E-state index contributed by atoms with van der Waals surface area (Å²) >= 11 is 6.17. The minimum Gasteiger partial charge on any atom is -0.495 e. The Morgan fingerprint density at radius 1 is 1.21 bits per heavy atom. The number of carboxylic acids is 1. The first-order valence-electron chi connectivity index (χ1n) is 7.11. The van der Waals surface area contributed by atoms with E-state index in [1.165, 1.54) is 11.8 Å². The molecule has 7 heteroatoms. The van der Waals surface area contributed by atoms with Gasteiger partial charge in [-0.3, -0.25) is 0 Å². The third-order valence-corrected chi connectivity index (χ3v) is 3.87. The fourth-order valence-corrected chi connectivity index (χ4v) is 2.62. The Morgan fingerprint density at radius 3 is 2.50 bits per heavy atom. The van der Waals surface area contributed by atoms with Crippen molar-refractivity contribution in [3.63, 3.8) is 0 Å². The Balaban J connectivity index is 2.20. The molecule has 0 fully saturated rings. The summed E-state index contributed by atoms with van der Waals surface area (Å²) in [5.41, 5.74) is 2.64. The molecule has 0 spiro atoms. The van der Waals surface area contributed by atoms with Crippen molar-refractivity contribution in [3.05, 3.63) is 58.7 Å². The number of methoxy groups -OCH3 is 1. The van der Waals surface area contributed by atoms with Crippen molar-refractivity contribution in [1.82, 2.24) is 15.0 Å². The van der Waals surface area contributed by atoms with Gasteiger partial charge in [0.15, 0.2) is 5.69 Å². The molecule has 0 amide bonds. The van der Waals surface area contributed by atoms with Gasteiger partial charge in [0.2, 0.25) is 0 Å². The summed E-state index contributed by atoms with van der Waals surface area (Å²) in [7, 11) is 1.52. The molecular formula is C17H14ClN3O3. The molecule has 1 aromatic heterocycles. The zero-order valence-corrected chi connectivity index (χ0v) is 13.8. The lowest BCUT2D eigenvalue weighted by Crippen LogP contribution is -2.03. The van der Waals surface area contributed by atoms with E-state index in [1.54, 1.807) is 18.2 Å². The maximum Gasteiger partial charge on any atom is 0.358 e. The van der Waals surface area contributed by atoms with Crippen molar-refractivity contribution in [3.8, 4) is 22.7 Å². The third kappa shape index (κ3) is 2.83. The average Bonchev–Trinajstić information content (AvgIpc) is 3.00. The first kappa shape index (κ1) is 16.0. The molecule has 0 bridgehead atoms. The quantitative estimate of drug-likeness (QED) is 0.783. The van der Waals surface area contributed by atoms with Gasteiger partial charge in [-0.25, -0.2) is 9.48 Å². The van der Waals surface area contributed by atoms with E-state index in [1.807, 2.05) is 31.2 Å². The number of benzene rings is 2. The molecule has 6 nitrogen and oxygen atoms in total. The lowest BCUT2D eigenvalue weighted by molar-refractivity contribution is 0.0691. The second-order valence-corrected chi connectivity index (χ2v) is 5.60. The first-order chi connectivity index (χ1) is 11.5. The molecule has 122 valence electrons. The minimum atomic E-state index is -1.14. The average molecular weight is 344 g/mol. The fourth-order valence-electron chi connectivity index (χ4n) is 2.36. The van der Waals surface area contributed by atoms with Crippen molar-refractivity contribution in [2.75, 3.05) is 7.11 Å². The summed E-state index contributed by atoms with van der Waals surface area (Å²) in [4.78, 5) is 11.5. The van der Waals surface area contributed by atoms with Gasteiger partial charge in [-0.15, -0.1) is 5.10 Å². The van der Waals surface area contributed by atoms with Crippen LogP contribution in [0.5, 0.6) is 5.75 Å². The van der Waals surface area contributed by atoms with E-state index in [-0.39, 0.29) is 5.69 Å². The van der Waals surface area contributed by atoms with E-state index < -0.39 is 5.97 Å². The molecule has 24 heavy (non-hydrogen) atoms. The van der Waals surface area contributed by atoms with E-state index in [2.05, 4.69) is 10.3 Å². The van der Waals surface area contributed by atoms with Crippen LogP contribution in [0.25, 0.3) is 16.9 Å². The molecule has 0 unspecified atom stereocenters. The highest BCUT2D eigenvalue weighted by atomic mass is 35.5. The number of halogens is 1. The summed E-state index contributed by atoms with van der Waals surface area (Å²) in [6, 6.07) is 12.6. The van der Waals surface area contributed by atoms with Crippen LogP contribution >= 0.6 is 11.6 Å². The standard InChI is InChI=1S/C17H14ClN3O3/c1-10-3-5-11(6-4-10)16-15(17(22)23)19-20-21(16)12-7-8-14(24-2)13(18)9-12/h3-9H,1-2H3,(H,22,23). The summed E-state index contributed by atoms with van der Waals surface area (Å²) in [5, 5.41) is 17.6. The van der Waals surface area contributed by atoms with Crippen molar-refractivity contribution in [1.29, 1.82) is 0 Å². The van der Waals surface area contributed by atoms with Crippen LogP contribution in [-0.2, 0) is 0 Å². The fraction of sp³-hybridized carbons (Fsp3) is 0.118. The number of ether oxygens (including phenoxy) is 1. The Bertz CT molecular complexity index is 904. The number of hydrogen-bond acceptors (Lipinski definition) is 4. The number of aromatic carboxylic acids is 1. The van der Waals surface area contributed by atoms with Gasteiger partial charge in [0.05, 0.1) is 17.8 Å². The summed E-state index contributed by atoms with van der Waals surface area (Å²) in [6.07, 6.45) is 0. The topological polar surface area (TPSA) is 77.2 Å². The number of carbonyl (C=O) groups is 1. The molecule has 2 aromatic carbocycles. The summed E-state index contributed by atoms with van der Waals surface area (Å²) < 4.78 is 6.59. The van der Waals surface area contributed by atoms with Gasteiger partial charge in [-0.1, -0.05) is 46.6 Å². The van der Waals surface area contributed by atoms with Crippen molar-refractivity contribution in [2.45, 2.75) is 6.92 Å². The molecule has 3 aromatic rings. The minimum absolute atomic E-state index is 0.120.